The zero-order valence-electron chi connectivity index (χ0n) is 7.83. The summed E-state index contributed by atoms with van der Waals surface area (Å²) in [5.41, 5.74) is 6.30. The summed E-state index contributed by atoms with van der Waals surface area (Å²) in [6.07, 6.45) is 0.385. The van der Waals surface area contributed by atoms with E-state index in [-0.39, 0.29) is 37.2 Å². The van der Waals surface area contributed by atoms with E-state index in [1.165, 1.54) is 0 Å². The molecule has 1 rings (SSSR count). The van der Waals surface area contributed by atoms with Crippen molar-refractivity contribution in [3.63, 3.8) is 0 Å². The molecule has 0 unspecified atom stereocenters. The van der Waals surface area contributed by atoms with Crippen LogP contribution in [0.25, 0.3) is 0 Å². The van der Waals surface area contributed by atoms with Gasteiger partial charge in [0, 0.05) is 0 Å². The molecule has 0 aliphatic heterocycles. The molecule has 15 heavy (non-hydrogen) atoms. The smallest absolute Gasteiger partial charge is 0.320 e. The molecule has 1 atom stereocenters. The van der Waals surface area contributed by atoms with Gasteiger partial charge in [0.25, 0.3) is 0 Å². The lowest BCUT2D eigenvalue weighted by Gasteiger charge is -2.04. The van der Waals surface area contributed by atoms with Crippen LogP contribution in [0.5, 0.6) is 0 Å². The van der Waals surface area contributed by atoms with Crippen molar-refractivity contribution in [1.29, 1.82) is 0 Å². The predicted molar refractivity (Wildman–Crippen MR) is 67.5 cm³/mol. The Bertz CT molecular complexity index is 269. The summed E-state index contributed by atoms with van der Waals surface area (Å²) in [5, 5.41) is 8.52. The second-order valence-electron chi connectivity index (χ2n) is 2.63. The molecule has 0 aliphatic rings. The van der Waals surface area contributed by atoms with Crippen LogP contribution in [-0.2, 0) is 11.2 Å². The number of carbonyl (C=O) groups is 1. The third kappa shape index (κ3) is 7.45. The van der Waals surface area contributed by atoms with Gasteiger partial charge in [0.1, 0.15) is 6.04 Å². The van der Waals surface area contributed by atoms with E-state index in [4.69, 9.17) is 10.8 Å². The van der Waals surface area contributed by atoms with Crippen LogP contribution in [0.2, 0.25) is 0 Å². The summed E-state index contributed by atoms with van der Waals surface area (Å²) in [6, 6.07) is 8.54. The summed E-state index contributed by atoms with van der Waals surface area (Å²) in [4.78, 5) is 10.4. The van der Waals surface area contributed by atoms with Crippen LogP contribution in [0.3, 0.4) is 0 Å². The van der Waals surface area contributed by atoms with Crippen molar-refractivity contribution >= 4 is 43.2 Å². The number of hydrogen-bond acceptors (Lipinski definition) is 2. The Morgan fingerprint density at radius 2 is 1.67 bits per heavy atom. The Kier molecular flexibility index (Phi) is 13.4. The molecule has 0 aliphatic carbocycles. The van der Waals surface area contributed by atoms with Gasteiger partial charge in [0.05, 0.1) is 0 Å². The minimum absolute atomic E-state index is 0. The molecule has 0 spiro atoms. The van der Waals surface area contributed by atoms with Gasteiger partial charge < -0.3 is 10.8 Å². The molecule has 0 fully saturated rings. The highest BCUT2D eigenvalue weighted by Crippen LogP contribution is 2.01. The van der Waals surface area contributed by atoms with E-state index in [2.05, 4.69) is 0 Å². The summed E-state index contributed by atoms with van der Waals surface area (Å²) in [7, 11) is 0. The zero-order valence-corrected chi connectivity index (χ0v) is 10.3. The standard InChI is InChI=1S/C9H11NO2.3ClH/c10-8(9(11)12)6-7-4-2-1-3-5-7;;;/h1-5,8H,6,10H2,(H,11,12);3*1H/t8-;;;/m0.../s1. The van der Waals surface area contributed by atoms with Crippen LogP contribution in [0.4, 0.5) is 0 Å². The molecule has 88 valence electrons. The molecule has 0 saturated carbocycles. The molecule has 0 aromatic heterocycles. The van der Waals surface area contributed by atoms with Gasteiger partial charge in [-0.3, -0.25) is 4.79 Å². The van der Waals surface area contributed by atoms with Crippen molar-refractivity contribution in [2.24, 2.45) is 5.73 Å². The Labute approximate surface area is 107 Å². The van der Waals surface area contributed by atoms with Crippen LogP contribution in [-0.4, -0.2) is 17.1 Å². The van der Waals surface area contributed by atoms with E-state index in [0.717, 1.165) is 5.56 Å². The summed E-state index contributed by atoms with van der Waals surface area (Å²) >= 11 is 0. The molecular weight excluding hydrogens is 260 g/mol. The summed E-state index contributed by atoms with van der Waals surface area (Å²) in [5.74, 6) is -0.959. The first-order chi connectivity index (χ1) is 5.70. The van der Waals surface area contributed by atoms with Gasteiger partial charge in [0.2, 0.25) is 0 Å². The number of carboxylic acids is 1. The van der Waals surface area contributed by atoms with Crippen molar-refractivity contribution in [3.05, 3.63) is 35.9 Å². The summed E-state index contributed by atoms with van der Waals surface area (Å²) < 4.78 is 0. The van der Waals surface area contributed by atoms with E-state index in [1.54, 1.807) is 0 Å². The molecule has 3 nitrogen and oxygen atoms in total. The molecule has 1 aromatic rings. The van der Waals surface area contributed by atoms with Crippen LogP contribution < -0.4 is 5.73 Å². The topological polar surface area (TPSA) is 63.3 Å². The van der Waals surface area contributed by atoms with E-state index in [9.17, 15) is 4.79 Å². The highest BCUT2D eigenvalue weighted by Gasteiger charge is 2.10. The Morgan fingerprint density at radius 3 is 2.07 bits per heavy atom. The number of aliphatic carboxylic acids is 1. The largest absolute Gasteiger partial charge is 0.480 e. The second-order valence-corrected chi connectivity index (χ2v) is 2.63. The van der Waals surface area contributed by atoms with Crippen molar-refractivity contribution in [2.45, 2.75) is 12.5 Å². The molecule has 3 N–H and O–H groups in total. The molecule has 0 radical (unpaired) electrons. The van der Waals surface area contributed by atoms with E-state index in [0.29, 0.717) is 6.42 Å². The average molecular weight is 275 g/mol. The molecule has 1 aromatic carbocycles. The fraction of sp³-hybridized carbons (Fsp3) is 0.222. The maximum absolute atomic E-state index is 10.4. The second kappa shape index (κ2) is 10.1. The molecule has 0 bridgehead atoms. The van der Waals surface area contributed by atoms with Gasteiger partial charge in [-0.1, -0.05) is 30.3 Å². The van der Waals surface area contributed by atoms with Crippen molar-refractivity contribution < 1.29 is 9.90 Å². The number of nitrogens with two attached hydrogens (primary N) is 1. The number of carboxylic acid groups (broad SMARTS) is 1. The normalized spacial score (nSPS) is 9.93. The summed E-state index contributed by atoms with van der Waals surface area (Å²) in [6.45, 7) is 0. The maximum atomic E-state index is 10.4. The van der Waals surface area contributed by atoms with Crippen LogP contribution in [0.1, 0.15) is 5.56 Å². The average Bonchev–Trinajstić information content (AvgIpc) is 2.06. The van der Waals surface area contributed by atoms with Crippen molar-refractivity contribution in [1.82, 2.24) is 0 Å². The van der Waals surface area contributed by atoms with Crippen LogP contribution in [0, 0.1) is 0 Å². The van der Waals surface area contributed by atoms with Crippen LogP contribution in [0.15, 0.2) is 30.3 Å². The molecule has 0 amide bonds. The van der Waals surface area contributed by atoms with E-state index >= 15 is 0 Å². The van der Waals surface area contributed by atoms with Gasteiger partial charge >= 0.3 is 5.97 Å². The number of hydrogen-bond donors (Lipinski definition) is 2. The van der Waals surface area contributed by atoms with Gasteiger partial charge in [-0.2, -0.15) is 0 Å². The number of rotatable bonds is 3. The fourth-order valence-electron chi connectivity index (χ4n) is 0.955. The number of benzene rings is 1. The molecule has 6 heteroatoms. The Balaban J connectivity index is -0.000000480. The Hall–Kier alpha value is -0.480. The van der Waals surface area contributed by atoms with Gasteiger partial charge in [0.15, 0.2) is 0 Å². The third-order valence-corrected chi connectivity index (χ3v) is 1.62. The highest BCUT2D eigenvalue weighted by molar-refractivity contribution is 5.86. The zero-order chi connectivity index (χ0) is 8.97. The van der Waals surface area contributed by atoms with Crippen LogP contribution >= 0.6 is 37.2 Å². The molecular formula is C9H14Cl3NO2. The van der Waals surface area contributed by atoms with E-state index in [1.807, 2.05) is 30.3 Å². The minimum Gasteiger partial charge on any atom is -0.480 e. The molecule has 0 heterocycles. The maximum Gasteiger partial charge on any atom is 0.320 e. The lowest BCUT2D eigenvalue weighted by molar-refractivity contribution is -0.138. The van der Waals surface area contributed by atoms with Gasteiger partial charge in [-0.25, -0.2) is 0 Å². The monoisotopic (exact) mass is 273 g/mol. The lowest BCUT2D eigenvalue weighted by Crippen LogP contribution is -2.32. The molecule has 0 saturated heterocycles. The first-order valence-electron chi connectivity index (χ1n) is 3.72. The highest BCUT2D eigenvalue weighted by atomic mass is 35.5. The fourth-order valence-corrected chi connectivity index (χ4v) is 0.955. The quantitative estimate of drug-likeness (QED) is 0.885. The first kappa shape index (κ1) is 20.0. The van der Waals surface area contributed by atoms with Gasteiger partial charge in [-0.05, 0) is 12.0 Å². The Morgan fingerprint density at radius 1 is 1.20 bits per heavy atom. The number of halogens is 3. The minimum atomic E-state index is -0.959. The lowest BCUT2D eigenvalue weighted by atomic mass is 10.1. The van der Waals surface area contributed by atoms with Crippen molar-refractivity contribution in [2.75, 3.05) is 0 Å². The van der Waals surface area contributed by atoms with Crippen molar-refractivity contribution in [3.8, 4) is 0 Å². The first-order valence-corrected chi connectivity index (χ1v) is 3.72. The SMILES string of the molecule is Cl.Cl.Cl.N[C@@H](Cc1ccccc1)C(=O)O. The van der Waals surface area contributed by atoms with E-state index < -0.39 is 12.0 Å². The third-order valence-electron chi connectivity index (χ3n) is 1.62. The van der Waals surface area contributed by atoms with Gasteiger partial charge in [-0.15, -0.1) is 37.2 Å². The predicted octanol–water partition coefficient (Wildman–Crippen LogP) is 1.91.